The standard InChI is InChI=1S/C26H26N4S/c1-17-3-5-20(6-4-17)25-24(16-27)31-26(29-25)30(2)23-10-9-19-7-8-21(15-22(19)23)18-11-13-28-14-12-18/h3-8,11,15,23,28H,9-10,12-14H2,1-2H3. The molecule has 5 rings (SSSR count). The number of aromatic nitrogens is 1. The van der Waals surface area contributed by atoms with Crippen molar-refractivity contribution in [3.63, 3.8) is 0 Å². The van der Waals surface area contributed by atoms with Crippen LogP contribution in [0.5, 0.6) is 0 Å². The van der Waals surface area contributed by atoms with Gasteiger partial charge in [-0.3, -0.25) is 0 Å². The van der Waals surface area contributed by atoms with Crippen molar-refractivity contribution in [2.45, 2.75) is 32.2 Å². The van der Waals surface area contributed by atoms with Gasteiger partial charge in [-0.25, -0.2) is 4.98 Å². The van der Waals surface area contributed by atoms with Crippen LogP contribution >= 0.6 is 11.3 Å². The van der Waals surface area contributed by atoms with E-state index in [1.165, 1.54) is 39.2 Å². The van der Waals surface area contributed by atoms with Gasteiger partial charge < -0.3 is 10.2 Å². The molecule has 5 heteroatoms. The maximum atomic E-state index is 9.72. The lowest BCUT2D eigenvalue weighted by atomic mass is 9.96. The van der Waals surface area contributed by atoms with Crippen LogP contribution in [0.2, 0.25) is 0 Å². The molecule has 4 nitrogen and oxygen atoms in total. The molecule has 2 heterocycles. The van der Waals surface area contributed by atoms with Gasteiger partial charge in [0.05, 0.1) is 6.04 Å². The number of rotatable bonds is 4. The first kappa shape index (κ1) is 20.0. The number of nitrogens with one attached hydrogen (secondary N) is 1. The molecule has 0 spiro atoms. The van der Waals surface area contributed by atoms with Gasteiger partial charge >= 0.3 is 0 Å². The van der Waals surface area contributed by atoms with Gasteiger partial charge in [-0.15, -0.1) is 0 Å². The van der Waals surface area contributed by atoms with E-state index in [1.54, 1.807) is 0 Å². The second kappa shape index (κ2) is 8.30. The van der Waals surface area contributed by atoms with Crippen molar-refractivity contribution in [3.8, 4) is 17.3 Å². The molecule has 2 aromatic carbocycles. The van der Waals surface area contributed by atoms with Crippen LogP contribution in [-0.2, 0) is 6.42 Å². The molecule has 0 fully saturated rings. The fourth-order valence-corrected chi connectivity index (χ4v) is 5.54. The van der Waals surface area contributed by atoms with Gasteiger partial charge in [-0.2, -0.15) is 5.26 Å². The zero-order valence-electron chi connectivity index (χ0n) is 18.0. The molecule has 1 unspecified atom stereocenters. The molecule has 156 valence electrons. The molecule has 1 aliphatic carbocycles. The lowest BCUT2D eigenvalue weighted by molar-refractivity contribution is 0.660. The minimum atomic E-state index is 0.292. The van der Waals surface area contributed by atoms with Crippen molar-refractivity contribution in [3.05, 3.63) is 75.7 Å². The summed E-state index contributed by atoms with van der Waals surface area (Å²) in [7, 11) is 2.12. The molecule has 2 aliphatic rings. The van der Waals surface area contributed by atoms with Crippen LogP contribution in [0.15, 0.2) is 48.5 Å². The number of nitrogens with zero attached hydrogens (tertiary/aromatic N) is 3. The summed E-state index contributed by atoms with van der Waals surface area (Å²) < 4.78 is 0. The summed E-state index contributed by atoms with van der Waals surface area (Å²) in [5.41, 5.74) is 8.63. The van der Waals surface area contributed by atoms with E-state index in [2.05, 4.69) is 78.8 Å². The lowest BCUT2D eigenvalue weighted by Gasteiger charge is -2.25. The quantitative estimate of drug-likeness (QED) is 0.599. The Morgan fingerprint density at radius 1 is 1.13 bits per heavy atom. The Balaban J connectivity index is 1.47. The number of anilines is 1. The van der Waals surface area contributed by atoms with Gasteiger partial charge in [0.2, 0.25) is 0 Å². The van der Waals surface area contributed by atoms with Crippen LogP contribution < -0.4 is 10.2 Å². The summed E-state index contributed by atoms with van der Waals surface area (Å²) in [4.78, 5) is 7.86. The van der Waals surface area contributed by atoms with E-state index in [-0.39, 0.29) is 0 Å². The Labute approximate surface area is 187 Å². The Hall–Kier alpha value is -2.94. The summed E-state index contributed by atoms with van der Waals surface area (Å²) in [6.45, 7) is 4.07. The van der Waals surface area contributed by atoms with E-state index in [4.69, 9.17) is 4.98 Å². The fraction of sp³-hybridized carbons (Fsp3) is 0.308. The van der Waals surface area contributed by atoms with Crippen LogP contribution in [0.1, 0.15) is 46.0 Å². The maximum Gasteiger partial charge on any atom is 0.187 e. The molecule has 0 saturated heterocycles. The van der Waals surface area contributed by atoms with Gasteiger partial charge in [0.1, 0.15) is 16.6 Å². The molecule has 1 atom stereocenters. The predicted octanol–water partition coefficient (Wildman–Crippen LogP) is 5.49. The lowest BCUT2D eigenvalue weighted by Crippen LogP contribution is -2.22. The molecular formula is C26H26N4S. The number of hydrogen-bond acceptors (Lipinski definition) is 5. The van der Waals surface area contributed by atoms with Crippen molar-refractivity contribution in [2.75, 3.05) is 25.0 Å². The minimum absolute atomic E-state index is 0.292. The molecule has 1 aromatic heterocycles. The highest BCUT2D eigenvalue weighted by molar-refractivity contribution is 7.16. The number of nitriles is 1. The predicted molar refractivity (Wildman–Crippen MR) is 128 cm³/mol. The molecule has 0 amide bonds. The molecule has 0 saturated carbocycles. The van der Waals surface area contributed by atoms with Gasteiger partial charge in [-0.1, -0.05) is 59.4 Å². The third kappa shape index (κ3) is 3.78. The van der Waals surface area contributed by atoms with E-state index < -0.39 is 0 Å². The zero-order chi connectivity index (χ0) is 21.4. The van der Waals surface area contributed by atoms with Crippen LogP contribution in [0, 0.1) is 18.3 Å². The molecular weight excluding hydrogens is 400 g/mol. The molecule has 1 aliphatic heterocycles. The third-order valence-corrected chi connectivity index (χ3v) is 7.49. The molecule has 31 heavy (non-hydrogen) atoms. The van der Waals surface area contributed by atoms with E-state index in [1.807, 2.05) is 0 Å². The summed E-state index contributed by atoms with van der Waals surface area (Å²) in [5, 5.41) is 14.0. The summed E-state index contributed by atoms with van der Waals surface area (Å²) in [5.74, 6) is 0. The van der Waals surface area contributed by atoms with Crippen LogP contribution in [-0.4, -0.2) is 25.1 Å². The average molecular weight is 427 g/mol. The van der Waals surface area contributed by atoms with Gasteiger partial charge in [0.15, 0.2) is 5.13 Å². The van der Waals surface area contributed by atoms with E-state index in [9.17, 15) is 5.26 Å². The van der Waals surface area contributed by atoms with Crippen molar-refractivity contribution < 1.29 is 0 Å². The Kier molecular flexibility index (Phi) is 5.35. The number of aryl methyl sites for hydroxylation is 2. The van der Waals surface area contributed by atoms with E-state index in [0.717, 1.165) is 48.7 Å². The van der Waals surface area contributed by atoms with E-state index >= 15 is 0 Å². The Morgan fingerprint density at radius 2 is 1.94 bits per heavy atom. The van der Waals surface area contributed by atoms with Crippen LogP contribution in [0.3, 0.4) is 0 Å². The summed E-state index contributed by atoms with van der Waals surface area (Å²) in [6, 6.07) is 17.9. The minimum Gasteiger partial charge on any atom is -0.344 e. The SMILES string of the molecule is Cc1ccc(-c2nc(N(C)C3CCc4ccc(C5=CCNCC5)cc43)sc2C#N)cc1. The highest BCUT2D eigenvalue weighted by atomic mass is 32.1. The topological polar surface area (TPSA) is 52.0 Å². The van der Waals surface area contributed by atoms with Crippen molar-refractivity contribution in [1.29, 1.82) is 5.26 Å². The van der Waals surface area contributed by atoms with Crippen molar-refractivity contribution >= 4 is 22.0 Å². The molecule has 0 radical (unpaired) electrons. The van der Waals surface area contributed by atoms with Gasteiger partial charge in [0, 0.05) is 19.2 Å². The second-order valence-corrected chi connectivity index (χ2v) is 9.39. The normalized spacial score (nSPS) is 17.7. The molecule has 3 aromatic rings. The number of fused-ring (bicyclic) bond motifs is 1. The summed E-state index contributed by atoms with van der Waals surface area (Å²) >= 11 is 1.49. The zero-order valence-corrected chi connectivity index (χ0v) is 18.8. The molecule has 1 N–H and O–H groups in total. The number of hydrogen-bond donors (Lipinski definition) is 1. The average Bonchev–Trinajstić information content (AvgIpc) is 3.44. The first-order valence-electron chi connectivity index (χ1n) is 10.9. The monoisotopic (exact) mass is 426 g/mol. The van der Waals surface area contributed by atoms with Crippen molar-refractivity contribution in [1.82, 2.24) is 10.3 Å². The first-order chi connectivity index (χ1) is 15.1. The number of benzene rings is 2. The first-order valence-corrected chi connectivity index (χ1v) is 11.7. The fourth-order valence-electron chi connectivity index (χ4n) is 4.64. The van der Waals surface area contributed by atoms with Gasteiger partial charge in [-0.05, 0) is 61.1 Å². The Bertz CT molecular complexity index is 1180. The Morgan fingerprint density at radius 3 is 2.68 bits per heavy atom. The van der Waals surface area contributed by atoms with Gasteiger partial charge in [0.25, 0.3) is 0 Å². The third-order valence-electron chi connectivity index (χ3n) is 6.44. The summed E-state index contributed by atoms with van der Waals surface area (Å²) in [6.07, 6.45) is 5.56. The van der Waals surface area contributed by atoms with Crippen LogP contribution in [0.4, 0.5) is 5.13 Å². The second-order valence-electron chi connectivity index (χ2n) is 8.41. The van der Waals surface area contributed by atoms with Crippen molar-refractivity contribution in [2.24, 2.45) is 0 Å². The largest absolute Gasteiger partial charge is 0.344 e. The highest BCUT2D eigenvalue weighted by Gasteiger charge is 2.29. The highest BCUT2D eigenvalue weighted by Crippen LogP contribution is 2.41. The number of thiazole rings is 1. The van der Waals surface area contributed by atoms with Crippen LogP contribution in [0.25, 0.3) is 16.8 Å². The molecule has 0 bridgehead atoms. The smallest absolute Gasteiger partial charge is 0.187 e. The maximum absolute atomic E-state index is 9.72. The van der Waals surface area contributed by atoms with E-state index in [0.29, 0.717) is 10.9 Å².